The number of benzene rings is 5. The number of halogens is 1. The second-order valence-electron chi connectivity index (χ2n) is 8.68. The SMILES string of the molecule is Fc1ccc(-c2ccccc2)cc1-c1nc(-c2ccccc2)nc(-c2ccc(-c3ccccc3)cc2)n1. The minimum absolute atomic E-state index is 0.297. The van der Waals surface area contributed by atoms with Gasteiger partial charge in [0.25, 0.3) is 0 Å². The average molecular weight is 480 g/mol. The van der Waals surface area contributed by atoms with E-state index in [4.69, 9.17) is 15.0 Å². The maximum Gasteiger partial charge on any atom is 0.167 e. The molecule has 1 heterocycles. The Balaban J connectivity index is 1.48. The maximum atomic E-state index is 15.2. The lowest BCUT2D eigenvalue weighted by atomic mass is 10.0. The van der Waals surface area contributed by atoms with Crippen molar-refractivity contribution in [3.63, 3.8) is 0 Å². The third-order valence-corrected chi connectivity index (χ3v) is 6.23. The molecule has 0 aliphatic carbocycles. The zero-order valence-corrected chi connectivity index (χ0v) is 19.9. The molecule has 0 N–H and O–H groups in total. The smallest absolute Gasteiger partial charge is 0.167 e. The first-order valence-electron chi connectivity index (χ1n) is 12.1. The van der Waals surface area contributed by atoms with Crippen molar-refractivity contribution in [3.8, 4) is 56.4 Å². The Bertz CT molecular complexity index is 1650. The fraction of sp³-hybridized carbons (Fsp3) is 0. The van der Waals surface area contributed by atoms with Crippen LogP contribution in [0.5, 0.6) is 0 Å². The van der Waals surface area contributed by atoms with E-state index < -0.39 is 0 Å². The Morgan fingerprint density at radius 2 is 0.730 bits per heavy atom. The predicted octanol–water partition coefficient (Wildman–Crippen LogP) is 8.35. The van der Waals surface area contributed by atoms with Crippen LogP contribution < -0.4 is 0 Å². The quantitative estimate of drug-likeness (QED) is 0.249. The Morgan fingerprint density at radius 3 is 1.30 bits per heavy atom. The van der Waals surface area contributed by atoms with Gasteiger partial charge in [-0.05, 0) is 34.4 Å². The Labute approximate surface area is 215 Å². The lowest BCUT2D eigenvalue weighted by Crippen LogP contribution is -2.01. The fourth-order valence-corrected chi connectivity index (χ4v) is 4.29. The highest BCUT2D eigenvalue weighted by molar-refractivity contribution is 5.73. The molecule has 0 spiro atoms. The van der Waals surface area contributed by atoms with Gasteiger partial charge in [0, 0.05) is 11.1 Å². The predicted molar refractivity (Wildman–Crippen MR) is 147 cm³/mol. The van der Waals surface area contributed by atoms with Crippen molar-refractivity contribution in [2.75, 3.05) is 0 Å². The van der Waals surface area contributed by atoms with Crippen molar-refractivity contribution in [3.05, 3.63) is 139 Å². The van der Waals surface area contributed by atoms with Crippen molar-refractivity contribution >= 4 is 0 Å². The van der Waals surface area contributed by atoms with Gasteiger partial charge in [0.05, 0.1) is 5.56 Å². The van der Waals surface area contributed by atoms with E-state index in [1.807, 2.05) is 103 Å². The minimum atomic E-state index is -0.379. The molecule has 37 heavy (non-hydrogen) atoms. The molecule has 0 atom stereocenters. The van der Waals surface area contributed by atoms with Gasteiger partial charge in [-0.15, -0.1) is 0 Å². The number of hydrogen-bond acceptors (Lipinski definition) is 3. The largest absolute Gasteiger partial charge is 0.208 e. The van der Waals surface area contributed by atoms with Gasteiger partial charge in [0.2, 0.25) is 0 Å². The summed E-state index contributed by atoms with van der Waals surface area (Å²) in [7, 11) is 0. The van der Waals surface area contributed by atoms with Crippen LogP contribution in [-0.2, 0) is 0 Å². The van der Waals surface area contributed by atoms with Gasteiger partial charge in [0.15, 0.2) is 17.5 Å². The summed E-state index contributed by atoms with van der Waals surface area (Å²) in [5.41, 5.74) is 6.14. The molecule has 4 heteroatoms. The van der Waals surface area contributed by atoms with Gasteiger partial charge in [-0.3, -0.25) is 0 Å². The van der Waals surface area contributed by atoms with Crippen LogP contribution >= 0.6 is 0 Å². The normalized spacial score (nSPS) is 10.8. The first kappa shape index (κ1) is 22.5. The molecule has 1 aromatic heterocycles. The third kappa shape index (κ3) is 4.78. The molecule has 3 nitrogen and oxygen atoms in total. The van der Waals surface area contributed by atoms with Crippen LogP contribution in [0.4, 0.5) is 4.39 Å². The Hall–Kier alpha value is -4.96. The summed E-state index contributed by atoms with van der Waals surface area (Å²) >= 11 is 0. The van der Waals surface area contributed by atoms with Crippen LogP contribution in [0.2, 0.25) is 0 Å². The van der Waals surface area contributed by atoms with Crippen LogP contribution in [0.1, 0.15) is 0 Å². The van der Waals surface area contributed by atoms with E-state index >= 15 is 4.39 Å². The first-order chi connectivity index (χ1) is 18.2. The summed E-state index contributed by atoms with van der Waals surface area (Å²) in [6, 6.07) is 42.9. The molecule has 0 bridgehead atoms. The zero-order chi connectivity index (χ0) is 25.0. The highest BCUT2D eigenvalue weighted by atomic mass is 19.1. The van der Waals surface area contributed by atoms with Gasteiger partial charge in [-0.2, -0.15) is 0 Å². The van der Waals surface area contributed by atoms with Gasteiger partial charge in [-0.1, -0.05) is 121 Å². The summed E-state index contributed by atoms with van der Waals surface area (Å²) in [6.07, 6.45) is 0. The Morgan fingerprint density at radius 1 is 0.351 bits per heavy atom. The van der Waals surface area contributed by atoms with Gasteiger partial charge >= 0.3 is 0 Å². The molecule has 0 saturated heterocycles. The zero-order valence-electron chi connectivity index (χ0n) is 19.9. The van der Waals surface area contributed by atoms with E-state index in [0.29, 0.717) is 23.0 Å². The molecule has 0 aliphatic heterocycles. The summed E-state index contributed by atoms with van der Waals surface area (Å²) in [5.74, 6) is 0.909. The van der Waals surface area contributed by atoms with Gasteiger partial charge in [0.1, 0.15) is 5.82 Å². The minimum Gasteiger partial charge on any atom is -0.208 e. The molecule has 6 aromatic rings. The highest BCUT2D eigenvalue weighted by Gasteiger charge is 2.16. The van der Waals surface area contributed by atoms with Crippen molar-refractivity contribution in [2.45, 2.75) is 0 Å². The van der Waals surface area contributed by atoms with Crippen LogP contribution in [-0.4, -0.2) is 15.0 Å². The standard InChI is InChI=1S/C33H22FN3/c34-30-21-20-28(24-12-6-2-7-13-24)22-29(30)33-36-31(26-14-8-3-9-15-26)35-32(37-33)27-18-16-25(17-19-27)23-10-4-1-5-11-23/h1-22H. The van der Waals surface area contributed by atoms with E-state index in [1.54, 1.807) is 12.1 Å². The van der Waals surface area contributed by atoms with Crippen LogP contribution in [0.3, 0.4) is 0 Å². The molecular formula is C33H22FN3. The number of hydrogen-bond donors (Lipinski definition) is 0. The average Bonchev–Trinajstić information content (AvgIpc) is 2.98. The monoisotopic (exact) mass is 479 g/mol. The number of aromatic nitrogens is 3. The van der Waals surface area contributed by atoms with E-state index in [1.165, 1.54) is 6.07 Å². The highest BCUT2D eigenvalue weighted by Crippen LogP contribution is 2.30. The maximum absolute atomic E-state index is 15.2. The molecule has 5 aromatic carbocycles. The summed E-state index contributed by atoms with van der Waals surface area (Å²) < 4.78 is 15.2. The van der Waals surface area contributed by atoms with Crippen molar-refractivity contribution in [1.82, 2.24) is 15.0 Å². The van der Waals surface area contributed by atoms with Crippen molar-refractivity contribution in [2.24, 2.45) is 0 Å². The van der Waals surface area contributed by atoms with Crippen LogP contribution in [0.25, 0.3) is 56.4 Å². The summed E-state index contributed by atoms with van der Waals surface area (Å²) in [5, 5.41) is 0. The van der Waals surface area contributed by atoms with E-state index in [2.05, 4.69) is 12.1 Å². The van der Waals surface area contributed by atoms with E-state index in [-0.39, 0.29) is 5.82 Å². The topological polar surface area (TPSA) is 38.7 Å². The molecule has 0 saturated carbocycles. The fourth-order valence-electron chi connectivity index (χ4n) is 4.29. The van der Waals surface area contributed by atoms with E-state index in [0.717, 1.165) is 33.4 Å². The molecule has 0 amide bonds. The lowest BCUT2D eigenvalue weighted by Gasteiger charge is -2.11. The Kier molecular flexibility index (Phi) is 6.05. The van der Waals surface area contributed by atoms with Crippen molar-refractivity contribution < 1.29 is 4.39 Å². The lowest BCUT2D eigenvalue weighted by molar-refractivity contribution is 0.630. The third-order valence-electron chi connectivity index (χ3n) is 6.23. The van der Waals surface area contributed by atoms with Crippen molar-refractivity contribution in [1.29, 1.82) is 0 Å². The van der Waals surface area contributed by atoms with Crippen LogP contribution in [0, 0.1) is 5.82 Å². The second-order valence-corrected chi connectivity index (χ2v) is 8.68. The second kappa shape index (κ2) is 9.96. The summed E-state index contributed by atoms with van der Waals surface area (Å²) in [4.78, 5) is 14.2. The van der Waals surface area contributed by atoms with Gasteiger partial charge < -0.3 is 0 Å². The molecular weight excluding hydrogens is 457 g/mol. The first-order valence-corrected chi connectivity index (χ1v) is 12.1. The molecule has 0 fully saturated rings. The molecule has 0 radical (unpaired) electrons. The molecule has 0 aliphatic rings. The summed E-state index contributed by atoms with van der Waals surface area (Å²) in [6.45, 7) is 0. The molecule has 6 rings (SSSR count). The molecule has 0 unspecified atom stereocenters. The van der Waals surface area contributed by atoms with Crippen LogP contribution in [0.15, 0.2) is 133 Å². The molecule has 176 valence electrons. The van der Waals surface area contributed by atoms with Gasteiger partial charge in [-0.25, -0.2) is 19.3 Å². The number of rotatable bonds is 5. The number of nitrogens with zero attached hydrogens (tertiary/aromatic N) is 3. The van der Waals surface area contributed by atoms with E-state index in [9.17, 15) is 0 Å².